The van der Waals surface area contributed by atoms with Gasteiger partial charge in [0.25, 0.3) is 0 Å². The van der Waals surface area contributed by atoms with Crippen molar-refractivity contribution >= 4 is 5.91 Å². The number of likely N-dealkylation sites (N-methyl/N-ethyl adjacent to an activating group) is 1. The van der Waals surface area contributed by atoms with Gasteiger partial charge in [-0.1, -0.05) is 0 Å². The zero-order valence-electron chi connectivity index (χ0n) is 8.25. The molecule has 1 saturated carbocycles. The first-order valence-electron chi connectivity index (χ1n) is 5.28. The van der Waals surface area contributed by atoms with Gasteiger partial charge in [-0.15, -0.1) is 0 Å². The number of amides is 1. The van der Waals surface area contributed by atoms with Gasteiger partial charge in [-0.05, 0) is 44.7 Å². The Balaban J connectivity index is 1.99. The van der Waals surface area contributed by atoms with Crippen molar-refractivity contribution in [3.8, 4) is 0 Å². The molecular weight excluding hydrogens is 164 g/mol. The first kappa shape index (κ1) is 9.00. The molecule has 74 valence electrons. The van der Waals surface area contributed by atoms with Crippen LogP contribution in [-0.2, 0) is 4.79 Å². The Morgan fingerprint density at radius 2 is 2.00 bits per heavy atom. The highest BCUT2D eigenvalue weighted by molar-refractivity contribution is 5.82. The minimum atomic E-state index is 0.187. The van der Waals surface area contributed by atoms with Gasteiger partial charge in [0.15, 0.2) is 0 Å². The Morgan fingerprint density at radius 1 is 1.38 bits per heavy atom. The van der Waals surface area contributed by atoms with Crippen LogP contribution < -0.4 is 5.32 Å². The van der Waals surface area contributed by atoms with Crippen molar-refractivity contribution in [3.63, 3.8) is 0 Å². The Morgan fingerprint density at radius 3 is 2.46 bits per heavy atom. The van der Waals surface area contributed by atoms with Crippen LogP contribution in [0, 0.1) is 5.92 Å². The Labute approximate surface area is 79.5 Å². The first-order valence-corrected chi connectivity index (χ1v) is 5.28. The van der Waals surface area contributed by atoms with Crippen molar-refractivity contribution in [3.05, 3.63) is 0 Å². The topological polar surface area (TPSA) is 32.3 Å². The van der Waals surface area contributed by atoms with Gasteiger partial charge in [0.2, 0.25) is 5.91 Å². The molecule has 1 atom stereocenters. The summed E-state index contributed by atoms with van der Waals surface area (Å²) >= 11 is 0. The molecule has 2 rings (SSSR count). The lowest BCUT2D eigenvalue weighted by Crippen LogP contribution is -2.46. The second-order valence-electron chi connectivity index (χ2n) is 4.14. The van der Waals surface area contributed by atoms with Gasteiger partial charge in [0, 0.05) is 7.05 Å². The van der Waals surface area contributed by atoms with E-state index in [9.17, 15) is 4.79 Å². The summed E-state index contributed by atoms with van der Waals surface area (Å²) in [6, 6.07) is 0.187. The zero-order chi connectivity index (χ0) is 9.26. The lowest BCUT2D eigenvalue weighted by molar-refractivity contribution is -0.126. The van der Waals surface area contributed by atoms with Crippen molar-refractivity contribution in [1.29, 1.82) is 0 Å². The lowest BCUT2D eigenvalue weighted by atomic mass is 10.1. The molecule has 2 aliphatic rings. The number of nitrogens with one attached hydrogen (secondary N) is 1. The molecule has 0 bridgehead atoms. The number of nitrogens with zero attached hydrogens (tertiary/aromatic N) is 1. The number of hydrogen-bond donors (Lipinski definition) is 1. The average molecular weight is 182 g/mol. The normalized spacial score (nSPS) is 25.9. The second kappa shape index (κ2) is 3.66. The summed E-state index contributed by atoms with van der Waals surface area (Å²) in [4.78, 5) is 14.0. The zero-order valence-corrected chi connectivity index (χ0v) is 8.25. The van der Waals surface area contributed by atoms with E-state index in [0.717, 1.165) is 13.1 Å². The molecule has 1 N–H and O–H groups in total. The van der Waals surface area contributed by atoms with Crippen molar-refractivity contribution in [1.82, 2.24) is 10.2 Å². The van der Waals surface area contributed by atoms with Gasteiger partial charge < -0.3 is 5.32 Å². The Kier molecular flexibility index (Phi) is 2.54. The molecule has 0 radical (unpaired) electrons. The first-order chi connectivity index (χ1) is 6.33. The van der Waals surface area contributed by atoms with Crippen molar-refractivity contribution in [2.75, 3.05) is 20.1 Å². The SMILES string of the molecule is CNC(=O)C(C1CC1)N1CCCC1. The van der Waals surface area contributed by atoms with Crippen LogP contribution in [0.15, 0.2) is 0 Å². The van der Waals surface area contributed by atoms with Gasteiger partial charge in [0.1, 0.15) is 0 Å². The smallest absolute Gasteiger partial charge is 0.237 e. The molecule has 3 nitrogen and oxygen atoms in total. The third-order valence-corrected chi connectivity index (χ3v) is 3.12. The number of rotatable bonds is 3. The van der Waals surface area contributed by atoms with E-state index in [1.807, 2.05) is 0 Å². The van der Waals surface area contributed by atoms with Crippen LogP contribution in [0.4, 0.5) is 0 Å². The number of carbonyl (C=O) groups is 1. The third-order valence-electron chi connectivity index (χ3n) is 3.12. The summed E-state index contributed by atoms with van der Waals surface area (Å²) in [5.74, 6) is 0.877. The highest BCUT2D eigenvalue weighted by atomic mass is 16.2. The summed E-state index contributed by atoms with van der Waals surface area (Å²) in [7, 11) is 1.74. The summed E-state index contributed by atoms with van der Waals surface area (Å²) in [6.45, 7) is 2.24. The van der Waals surface area contributed by atoms with Gasteiger partial charge in [-0.3, -0.25) is 9.69 Å². The Hall–Kier alpha value is -0.570. The molecule has 1 aliphatic carbocycles. The molecule has 13 heavy (non-hydrogen) atoms. The predicted molar refractivity (Wildman–Crippen MR) is 51.4 cm³/mol. The van der Waals surface area contributed by atoms with E-state index in [1.54, 1.807) is 7.05 Å². The van der Waals surface area contributed by atoms with Crippen LogP contribution in [0.25, 0.3) is 0 Å². The van der Waals surface area contributed by atoms with E-state index in [1.165, 1.54) is 25.7 Å². The number of carbonyl (C=O) groups excluding carboxylic acids is 1. The van der Waals surface area contributed by atoms with Crippen molar-refractivity contribution in [2.45, 2.75) is 31.7 Å². The summed E-state index contributed by atoms with van der Waals surface area (Å²) in [5.41, 5.74) is 0. The fourth-order valence-corrected chi connectivity index (χ4v) is 2.26. The molecule has 0 spiro atoms. The maximum Gasteiger partial charge on any atom is 0.237 e. The summed E-state index contributed by atoms with van der Waals surface area (Å²) in [6.07, 6.45) is 5.02. The van der Waals surface area contributed by atoms with Crippen molar-refractivity contribution in [2.24, 2.45) is 5.92 Å². The minimum absolute atomic E-state index is 0.187. The van der Waals surface area contributed by atoms with Crippen LogP contribution in [0.1, 0.15) is 25.7 Å². The minimum Gasteiger partial charge on any atom is -0.358 e. The molecule has 2 fully saturated rings. The molecule has 0 aromatic heterocycles. The van der Waals surface area contributed by atoms with E-state index < -0.39 is 0 Å². The van der Waals surface area contributed by atoms with Crippen molar-refractivity contribution < 1.29 is 4.79 Å². The van der Waals surface area contributed by atoms with Crippen LogP contribution in [0.2, 0.25) is 0 Å². The van der Waals surface area contributed by atoms with Crippen LogP contribution >= 0.6 is 0 Å². The maximum atomic E-state index is 11.6. The molecule has 0 aromatic rings. The molecule has 1 heterocycles. The van der Waals surface area contributed by atoms with Gasteiger partial charge >= 0.3 is 0 Å². The highest BCUT2D eigenvalue weighted by Crippen LogP contribution is 2.36. The van der Waals surface area contributed by atoms with E-state index in [0.29, 0.717) is 5.92 Å². The molecular formula is C10H18N2O. The largest absolute Gasteiger partial charge is 0.358 e. The van der Waals surface area contributed by atoms with E-state index >= 15 is 0 Å². The molecule has 1 unspecified atom stereocenters. The maximum absolute atomic E-state index is 11.6. The number of hydrogen-bond acceptors (Lipinski definition) is 2. The molecule has 0 aromatic carbocycles. The van der Waals surface area contributed by atoms with Crippen LogP contribution in [-0.4, -0.2) is 37.0 Å². The predicted octanol–water partition coefficient (Wildman–Crippen LogP) is 0.607. The third kappa shape index (κ3) is 1.85. The molecule has 1 saturated heterocycles. The fraction of sp³-hybridized carbons (Fsp3) is 0.900. The van der Waals surface area contributed by atoms with Crippen LogP contribution in [0.5, 0.6) is 0 Å². The monoisotopic (exact) mass is 182 g/mol. The summed E-state index contributed by atoms with van der Waals surface area (Å²) in [5, 5.41) is 2.78. The van der Waals surface area contributed by atoms with E-state index in [-0.39, 0.29) is 11.9 Å². The molecule has 1 aliphatic heterocycles. The van der Waals surface area contributed by atoms with E-state index in [2.05, 4.69) is 10.2 Å². The van der Waals surface area contributed by atoms with Gasteiger partial charge in [0.05, 0.1) is 6.04 Å². The molecule has 1 amide bonds. The lowest BCUT2D eigenvalue weighted by Gasteiger charge is -2.25. The average Bonchev–Trinajstić information content (AvgIpc) is 2.81. The second-order valence-corrected chi connectivity index (χ2v) is 4.14. The quantitative estimate of drug-likeness (QED) is 0.693. The van der Waals surface area contributed by atoms with Gasteiger partial charge in [-0.25, -0.2) is 0 Å². The van der Waals surface area contributed by atoms with E-state index in [4.69, 9.17) is 0 Å². The Bertz CT molecular complexity index is 195. The standard InChI is InChI=1S/C10H18N2O/c1-11-10(13)9(8-4-5-8)12-6-2-3-7-12/h8-9H,2-7H2,1H3,(H,11,13). The van der Waals surface area contributed by atoms with Crippen LogP contribution in [0.3, 0.4) is 0 Å². The summed E-state index contributed by atoms with van der Waals surface area (Å²) < 4.78 is 0. The molecule has 3 heteroatoms. The number of likely N-dealkylation sites (tertiary alicyclic amines) is 1. The fourth-order valence-electron chi connectivity index (χ4n) is 2.26. The highest BCUT2D eigenvalue weighted by Gasteiger charge is 2.40. The van der Waals surface area contributed by atoms with Gasteiger partial charge in [-0.2, -0.15) is 0 Å².